The molecule has 1 unspecified atom stereocenters. The second kappa shape index (κ2) is 12.1. The Hall–Kier alpha value is -5.48. The van der Waals surface area contributed by atoms with Crippen molar-refractivity contribution in [3.05, 3.63) is 83.4 Å². The normalized spacial score (nSPS) is 20.4. The molecule has 9 rings (SSSR count). The van der Waals surface area contributed by atoms with Crippen LogP contribution in [0.3, 0.4) is 0 Å². The van der Waals surface area contributed by atoms with E-state index in [9.17, 15) is 18.0 Å². The molecule has 1 fully saturated rings. The van der Waals surface area contributed by atoms with Gasteiger partial charge >= 0.3 is 11.8 Å². The minimum atomic E-state index is -4.44. The predicted octanol–water partition coefficient (Wildman–Crippen LogP) is 4.36. The van der Waals surface area contributed by atoms with E-state index in [1.165, 1.54) is 40.9 Å². The third kappa shape index (κ3) is 5.19. The maximum absolute atomic E-state index is 15.9. The van der Waals surface area contributed by atoms with Gasteiger partial charge < -0.3 is 19.5 Å². The van der Waals surface area contributed by atoms with E-state index >= 15 is 4.39 Å². The lowest BCUT2D eigenvalue weighted by Gasteiger charge is -2.23. The van der Waals surface area contributed by atoms with Crippen LogP contribution in [0.1, 0.15) is 25.8 Å². The lowest BCUT2D eigenvalue weighted by Crippen LogP contribution is -2.42. The van der Waals surface area contributed by atoms with Crippen LogP contribution in [0.25, 0.3) is 44.5 Å². The Morgan fingerprint density at radius 1 is 1.08 bits per heavy atom. The van der Waals surface area contributed by atoms with Crippen molar-refractivity contribution in [2.45, 2.75) is 49.0 Å². The van der Waals surface area contributed by atoms with E-state index in [0.29, 0.717) is 46.1 Å². The molecule has 1 N–H and O–H groups in total. The molecule has 14 nitrogen and oxygen atoms in total. The summed E-state index contributed by atoms with van der Waals surface area (Å²) in [6, 6.07) is 13.8. The fraction of sp³-hybridized carbons (Fsp3) is 0.314. The molecule has 4 bridgehead atoms. The highest BCUT2D eigenvalue weighted by atomic mass is 32.2. The van der Waals surface area contributed by atoms with Crippen LogP contribution in [0.15, 0.2) is 76.7 Å². The molecule has 1 amide bonds. The number of benzene rings is 2. The molecule has 264 valence electrons. The van der Waals surface area contributed by atoms with Crippen LogP contribution < -0.4 is 15.7 Å². The van der Waals surface area contributed by atoms with Crippen molar-refractivity contribution >= 4 is 38.2 Å². The van der Waals surface area contributed by atoms with Crippen molar-refractivity contribution in [2.75, 3.05) is 13.7 Å². The minimum Gasteiger partial charge on any atom is -0.488 e. The third-order valence-electron chi connectivity index (χ3n) is 9.67. The molecular formula is C35H34FN7O7S. The zero-order valence-electron chi connectivity index (χ0n) is 28.1. The number of aryl methyl sites for hydroxylation is 2. The highest BCUT2D eigenvalue weighted by Gasteiger charge is 2.41. The number of carbonyl (C=O) groups excluding carboxylic acids is 1. The van der Waals surface area contributed by atoms with Crippen LogP contribution in [-0.2, 0) is 33.6 Å². The van der Waals surface area contributed by atoms with Crippen LogP contribution in [-0.4, -0.2) is 74.3 Å². The molecule has 2 aliphatic heterocycles. The van der Waals surface area contributed by atoms with Gasteiger partial charge in [-0.3, -0.25) is 13.8 Å². The molecular weight excluding hydrogens is 681 g/mol. The number of pyridine rings is 1. The van der Waals surface area contributed by atoms with Crippen molar-refractivity contribution in [3.8, 4) is 28.1 Å². The van der Waals surface area contributed by atoms with E-state index in [4.69, 9.17) is 19.2 Å². The highest BCUT2D eigenvalue weighted by molar-refractivity contribution is 7.90. The molecule has 51 heavy (non-hydrogen) atoms. The number of imidazole rings is 1. The van der Waals surface area contributed by atoms with Gasteiger partial charge in [-0.15, -0.1) is 5.10 Å². The second-order valence-corrected chi connectivity index (χ2v) is 14.7. The number of carbonyl (C=O) groups is 1. The van der Waals surface area contributed by atoms with Crippen LogP contribution >= 0.6 is 0 Å². The first-order chi connectivity index (χ1) is 24.5. The second-order valence-electron chi connectivity index (χ2n) is 12.9. The fourth-order valence-electron chi connectivity index (χ4n) is 7.41. The molecule has 1 saturated carbocycles. The summed E-state index contributed by atoms with van der Waals surface area (Å²) in [5, 5.41) is 7.12. The topological polar surface area (TPSA) is 154 Å². The number of nitrogens with zero attached hydrogens (tertiary/aromatic N) is 6. The average Bonchev–Trinajstić information content (AvgIpc) is 3.84. The zero-order chi connectivity index (χ0) is 35.8. The summed E-state index contributed by atoms with van der Waals surface area (Å²) >= 11 is 0. The van der Waals surface area contributed by atoms with Crippen molar-refractivity contribution < 1.29 is 31.8 Å². The SMILES string of the molecule is COC(=O)N[C@H]1C[C@H]2C[C@H]1OCC(C)Oc1ccc(cc1)-c1c(-c3cn(C)nc3F)n(S(=O)(=O)c3ccccc3)c3ncc4c(c13)n2c(=O)n4C. The number of halogens is 1. The van der Waals surface area contributed by atoms with Gasteiger partial charge in [0.2, 0.25) is 5.95 Å². The summed E-state index contributed by atoms with van der Waals surface area (Å²) in [7, 11) is -0.00738. The number of hydrogen-bond donors (Lipinski definition) is 1. The number of rotatable bonds is 4. The Morgan fingerprint density at radius 3 is 2.51 bits per heavy atom. The number of alkyl carbamates (subject to hydrolysis) is 1. The number of amides is 1. The van der Waals surface area contributed by atoms with Gasteiger partial charge in [-0.2, -0.15) is 4.39 Å². The maximum atomic E-state index is 15.9. The quantitative estimate of drug-likeness (QED) is 0.281. The summed E-state index contributed by atoms with van der Waals surface area (Å²) < 4.78 is 68.3. The average molecular weight is 716 g/mol. The monoisotopic (exact) mass is 715 g/mol. The number of aromatic nitrogens is 6. The molecule has 6 aromatic rings. The van der Waals surface area contributed by atoms with Gasteiger partial charge in [0.15, 0.2) is 5.65 Å². The number of ether oxygens (including phenoxy) is 3. The molecule has 0 spiro atoms. The molecule has 4 aromatic heterocycles. The molecule has 6 heterocycles. The molecule has 2 aromatic carbocycles. The largest absolute Gasteiger partial charge is 0.488 e. The Bertz CT molecular complexity index is 2500. The maximum Gasteiger partial charge on any atom is 0.407 e. The van der Waals surface area contributed by atoms with Crippen molar-refractivity contribution in [1.82, 2.24) is 33.2 Å². The Morgan fingerprint density at radius 2 is 1.82 bits per heavy atom. The van der Waals surface area contributed by atoms with E-state index < -0.39 is 46.4 Å². The minimum absolute atomic E-state index is 0.00717. The Labute approximate surface area is 291 Å². The van der Waals surface area contributed by atoms with Crippen LogP contribution in [0.5, 0.6) is 5.75 Å². The lowest BCUT2D eigenvalue weighted by atomic mass is 9.99. The first-order valence-electron chi connectivity index (χ1n) is 16.4. The number of hydrogen-bond acceptors (Lipinski definition) is 9. The van der Waals surface area contributed by atoms with Gasteiger partial charge in [-0.1, -0.05) is 30.3 Å². The molecule has 16 heteroatoms. The van der Waals surface area contributed by atoms with Gasteiger partial charge in [0, 0.05) is 31.9 Å². The van der Waals surface area contributed by atoms with E-state index in [-0.39, 0.29) is 34.1 Å². The van der Waals surface area contributed by atoms with Crippen molar-refractivity contribution in [1.29, 1.82) is 0 Å². The molecule has 0 saturated heterocycles. The lowest BCUT2D eigenvalue weighted by molar-refractivity contribution is -0.00360. The van der Waals surface area contributed by atoms with Gasteiger partial charge in [-0.25, -0.2) is 27.0 Å². The van der Waals surface area contributed by atoms with Crippen LogP contribution in [0, 0.1) is 5.95 Å². The van der Waals surface area contributed by atoms with Crippen LogP contribution in [0.4, 0.5) is 9.18 Å². The predicted molar refractivity (Wildman–Crippen MR) is 185 cm³/mol. The van der Waals surface area contributed by atoms with Gasteiger partial charge in [0.25, 0.3) is 10.0 Å². The Balaban J connectivity index is 1.54. The highest BCUT2D eigenvalue weighted by Crippen LogP contribution is 2.47. The van der Waals surface area contributed by atoms with Crippen LogP contribution in [0.2, 0.25) is 0 Å². The van der Waals surface area contributed by atoms with E-state index in [1.807, 2.05) is 6.92 Å². The summed E-state index contributed by atoms with van der Waals surface area (Å²) in [6.07, 6.45) is 1.95. The third-order valence-corrected chi connectivity index (χ3v) is 11.4. The van der Waals surface area contributed by atoms with Crippen molar-refractivity contribution in [2.24, 2.45) is 14.1 Å². The Kier molecular flexibility index (Phi) is 7.75. The number of nitrogens with one attached hydrogen (secondary N) is 1. The van der Waals surface area contributed by atoms with Gasteiger partial charge in [0.05, 0.1) is 64.6 Å². The molecule has 3 aliphatic rings. The molecule has 1 aliphatic carbocycles. The van der Waals surface area contributed by atoms with Gasteiger partial charge in [-0.05, 0) is 49.6 Å². The molecule has 4 atom stereocenters. The standard InChI is InChI=1S/C35H34FN7O7S/c1-19-18-49-27-15-21(14-25(27)38-34(44)48-4)42-31-26(41(3)35(42)45)16-37-33-29(31)28(20-10-12-22(50-19)13-11-20)30(24-17-40(2)39-32(24)36)43(33)51(46,47)23-8-6-5-7-9-23/h5-13,16-17,19,21,25,27H,14-15,18H2,1-4H3,(H,38,44)/t19?,21-,25-,27+/m0/s1. The number of methoxy groups -OCH3 is 1. The first-order valence-corrected chi connectivity index (χ1v) is 17.8. The fourth-order valence-corrected chi connectivity index (χ4v) is 8.92. The summed E-state index contributed by atoms with van der Waals surface area (Å²) in [6.45, 7) is 2.06. The smallest absolute Gasteiger partial charge is 0.407 e. The van der Waals surface area contributed by atoms with Crippen molar-refractivity contribution in [3.63, 3.8) is 0 Å². The zero-order valence-corrected chi connectivity index (χ0v) is 28.9. The summed E-state index contributed by atoms with van der Waals surface area (Å²) in [5.41, 5.74) is 1.22. The van der Waals surface area contributed by atoms with E-state index in [0.717, 1.165) is 3.97 Å². The first kappa shape index (κ1) is 32.7. The molecule has 0 radical (unpaired) electrons. The summed E-state index contributed by atoms with van der Waals surface area (Å²) in [4.78, 5) is 31.4. The van der Waals surface area contributed by atoms with E-state index in [1.54, 1.807) is 61.1 Å². The van der Waals surface area contributed by atoms with E-state index in [2.05, 4.69) is 10.4 Å². The summed E-state index contributed by atoms with van der Waals surface area (Å²) in [5.74, 6) is -0.368. The van der Waals surface area contributed by atoms with Gasteiger partial charge in [0.1, 0.15) is 11.9 Å². The number of fused-ring (bicyclic) bond motifs is 5.